The van der Waals surface area contributed by atoms with Crippen molar-refractivity contribution in [2.45, 2.75) is 62.6 Å². The Morgan fingerprint density at radius 3 is 2.50 bits per heavy atom. The van der Waals surface area contributed by atoms with Gasteiger partial charge in [-0.2, -0.15) is 0 Å². The summed E-state index contributed by atoms with van der Waals surface area (Å²) in [5.41, 5.74) is 5.69. The molecule has 0 bridgehead atoms. The normalized spacial score (nSPS) is 18.9. The number of aryl methyl sites for hydroxylation is 2. The van der Waals surface area contributed by atoms with Crippen molar-refractivity contribution < 1.29 is 21.6 Å². The van der Waals surface area contributed by atoms with Crippen LogP contribution >= 0.6 is 0 Å². The van der Waals surface area contributed by atoms with Crippen molar-refractivity contribution in [2.24, 2.45) is 0 Å². The molecular formula is C32H39N7O5S2. The minimum Gasteiger partial charge on any atom is -0.491 e. The second-order valence-corrected chi connectivity index (χ2v) is 17.8. The van der Waals surface area contributed by atoms with Gasteiger partial charge in [-0.05, 0) is 69.5 Å². The van der Waals surface area contributed by atoms with Crippen LogP contribution in [0.5, 0.6) is 5.75 Å². The van der Waals surface area contributed by atoms with E-state index in [0.717, 1.165) is 77.9 Å². The van der Waals surface area contributed by atoms with Crippen molar-refractivity contribution in [1.29, 1.82) is 0 Å². The fourth-order valence-electron chi connectivity index (χ4n) is 7.11. The van der Waals surface area contributed by atoms with Gasteiger partial charge in [0.2, 0.25) is 0 Å². The molecule has 5 heterocycles. The van der Waals surface area contributed by atoms with Crippen LogP contribution in [-0.4, -0.2) is 89.5 Å². The molecule has 0 atom stereocenters. The van der Waals surface area contributed by atoms with E-state index >= 15 is 0 Å². The molecule has 0 spiro atoms. The number of aromatic nitrogens is 5. The number of anilines is 1. The van der Waals surface area contributed by atoms with Crippen molar-refractivity contribution >= 4 is 36.7 Å². The third kappa shape index (κ3) is 5.64. The number of pyridine rings is 1. The van der Waals surface area contributed by atoms with Crippen LogP contribution < -0.4 is 9.64 Å². The van der Waals surface area contributed by atoms with Crippen molar-refractivity contribution in [1.82, 2.24) is 29.8 Å². The molecule has 0 unspecified atom stereocenters. The number of imidazole rings is 1. The summed E-state index contributed by atoms with van der Waals surface area (Å²) in [5.74, 6) is 2.83. The lowest BCUT2D eigenvalue weighted by Crippen LogP contribution is -2.50. The number of nitrogens with one attached hydrogen (secondary N) is 1. The smallest absolute Gasteiger partial charge is 0.177 e. The largest absolute Gasteiger partial charge is 0.491 e. The molecule has 1 fully saturated rings. The van der Waals surface area contributed by atoms with E-state index in [1.807, 2.05) is 31.3 Å². The molecule has 3 aromatic heterocycles. The lowest BCUT2D eigenvalue weighted by molar-refractivity contribution is 0.215. The maximum absolute atomic E-state index is 13.2. The Morgan fingerprint density at radius 2 is 1.74 bits per heavy atom. The standard InChI is InChI=1S/C32H39N7O5S2/c1-21-34-27-16-23(18-33-30(27)35-21)22-7-8-28-24(15-22)19-39(13-14-44-28)31-25-17-32(45(2,40)41,46(3,42)43)10-9-26(25)36-29(37-31)20-38-11-5-4-6-12-38/h7-8,15-16,18H,4-6,9-14,17,19-20H2,1-3H3,(H,33,34,35). The Labute approximate surface area is 269 Å². The monoisotopic (exact) mass is 665 g/mol. The highest BCUT2D eigenvalue weighted by Gasteiger charge is 2.53. The van der Waals surface area contributed by atoms with E-state index in [1.54, 1.807) is 0 Å². The van der Waals surface area contributed by atoms with Gasteiger partial charge >= 0.3 is 0 Å². The summed E-state index contributed by atoms with van der Waals surface area (Å²) in [4.78, 5) is 26.6. The molecule has 14 heteroatoms. The SMILES string of the molecule is Cc1nc2ncc(-c3ccc4c(c3)CN(c3nc(CN5CCCCC5)nc5c3CC(S(C)(=O)=O)(S(C)(=O)=O)CC5)CCO4)cc2[nH]1. The molecule has 1 N–H and O–H groups in total. The number of likely N-dealkylation sites (tertiary alicyclic amines) is 1. The average Bonchev–Trinajstić information content (AvgIpc) is 3.25. The summed E-state index contributed by atoms with van der Waals surface area (Å²) < 4.78 is 57.0. The Bertz CT molecular complexity index is 2010. The van der Waals surface area contributed by atoms with Gasteiger partial charge in [-0.1, -0.05) is 12.5 Å². The Morgan fingerprint density at radius 1 is 0.957 bits per heavy atom. The van der Waals surface area contributed by atoms with Crippen molar-refractivity contribution in [3.05, 3.63) is 58.9 Å². The molecule has 1 aliphatic carbocycles. The lowest BCUT2D eigenvalue weighted by atomic mass is 9.94. The quantitative estimate of drug-likeness (QED) is 0.323. The van der Waals surface area contributed by atoms with Crippen LogP contribution in [0.25, 0.3) is 22.3 Å². The van der Waals surface area contributed by atoms with Gasteiger partial charge in [0, 0.05) is 54.1 Å². The van der Waals surface area contributed by atoms with E-state index in [4.69, 9.17) is 14.7 Å². The highest BCUT2D eigenvalue weighted by atomic mass is 32.3. The van der Waals surface area contributed by atoms with Crippen molar-refractivity contribution in [3.63, 3.8) is 0 Å². The van der Waals surface area contributed by atoms with Gasteiger partial charge in [0.1, 0.15) is 29.8 Å². The maximum Gasteiger partial charge on any atom is 0.177 e. The molecule has 1 saturated heterocycles. The Kier molecular flexibility index (Phi) is 7.80. The van der Waals surface area contributed by atoms with Crippen LogP contribution in [-0.2, 0) is 45.6 Å². The number of aromatic amines is 1. The van der Waals surface area contributed by atoms with Crippen LogP contribution in [0.4, 0.5) is 5.82 Å². The number of ether oxygens (including phenoxy) is 1. The van der Waals surface area contributed by atoms with E-state index < -0.39 is 23.8 Å². The minimum atomic E-state index is -3.98. The number of fused-ring (bicyclic) bond motifs is 3. The Balaban J connectivity index is 1.30. The van der Waals surface area contributed by atoms with E-state index in [2.05, 4.69) is 30.8 Å². The first kappa shape index (κ1) is 31.0. The number of sulfone groups is 2. The Hall–Kier alpha value is -3.62. The zero-order valence-electron chi connectivity index (χ0n) is 26.4. The number of piperidine rings is 1. The first-order valence-corrected chi connectivity index (χ1v) is 19.5. The lowest BCUT2D eigenvalue weighted by Gasteiger charge is -2.37. The second-order valence-electron chi connectivity index (χ2n) is 12.9. The van der Waals surface area contributed by atoms with Crippen molar-refractivity contribution in [2.75, 3.05) is 43.7 Å². The number of rotatable bonds is 6. The third-order valence-electron chi connectivity index (χ3n) is 9.60. The predicted octanol–water partition coefficient (Wildman–Crippen LogP) is 3.38. The summed E-state index contributed by atoms with van der Waals surface area (Å²) in [7, 11) is -7.96. The summed E-state index contributed by atoms with van der Waals surface area (Å²) in [6.07, 6.45) is 7.38. The highest BCUT2D eigenvalue weighted by Crippen LogP contribution is 2.42. The molecule has 3 aliphatic rings. The van der Waals surface area contributed by atoms with Gasteiger partial charge < -0.3 is 14.6 Å². The molecule has 1 aromatic carbocycles. The highest BCUT2D eigenvalue weighted by molar-refractivity contribution is 8.09. The number of H-pyrrole nitrogens is 1. The molecule has 244 valence electrons. The van der Waals surface area contributed by atoms with Gasteiger partial charge in [0.25, 0.3) is 0 Å². The molecule has 12 nitrogen and oxygen atoms in total. The maximum atomic E-state index is 13.2. The molecule has 4 aromatic rings. The molecular weight excluding hydrogens is 627 g/mol. The molecule has 0 amide bonds. The third-order valence-corrected chi connectivity index (χ3v) is 14.8. The van der Waals surface area contributed by atoms with Gasteiger partial charge in [-0.15, -0.1) is 0 Å². The minimum absolute atomic E-state index is 0.0270. The average molecular weight is 666 g/mol. The van der Waals surface area contributed by atoms with Gasteiger partial charge in [-0.25, -0.2) is 36.8 Å². The van der Waals surface area contributed by atoms with E-state index in [1.165, 1.54) is 6.42 Å². The number of hydrogen-bond acceptors (Lipinski definition) is 11. The fourth-order valence-corrected chi connectivity index (χ4v) is 11.1. The van der Waals surface area contributed by atoms with Crippen molar-refractivity contribution in [3.8, 4) is 16.9 Å². The number of benzene rings is 1. The number of nitrogens with zero attached hydrogens (tertiary/aromatic N) is 6. The summed E-state index contributed by atoms with van der Waals surface area (Å²) in [6.45, 7) is 5.77. The molecule has 46 heavy (non-hydrogen) atoms. The van der Waals surface area contributed by atoms with Gasteiger partial charge in [0.15, 0.2) is 29.4 Å². The van der Waals surface area contributed by atoms with Crippen LogP contribution in [0, 0.1) is 6.92 Å². The van der Waals surface area contributed by atoms with Crippen LogP contribution in [0.2, 0.25) is 0 Å². The summed E-state index contributed by atoms with van der Waals surface area (Å²) in [6, 6.07) is 8.09. The summed E-state index contributed by atoms with van der Waals surface area (Å²) >= 11 is 0. The van der Waals surface area contributed by atoms with Gasteiger partial charge in [-0.3, -0.25) is 4.90 Å². The van der Waals surface area contributed by atoms with Crippen LogP contribution in [0.3, 0.4) is 0 Å². The molecule has 0 saturated carbocycles. The molecule has 0 radical (unpaired) electrons. The molecule has 7 rings (SSSR count). The van der Waals surface area contributed by atoms with Crippen LogP contribution in [0.1, 0.15) is 54.2 Å². The van der Waals surface area contributed by atoms with E-state index in [-0.39, 0.29) is 19.3 Å². The predicted molar refractivity (Wildman–Crippen MR) is 176 cm³/mol. The second kappa shape index (κ2) is 11.6. The topological polar surface area (TPSA) is 151 Å². The van der Waals surface area contributed by atoms with E-state index in [0.29, 0.717) is 49.1 Å². The first-order chi connectivity index (χ1) is 21.9. The number of hydrogen-bond donors (Lipinski definition) is 1. The molecule has 2 aliphatic heterocycles. The zero-order chi connectivity index (χ0) is 32.3. The van der Waals surface area contributed by atoms with Crippen LogP contribution in [0.15, 0.2) is 30.5 Å². The first-order valence-electron chi connectivity index (χ1n) is 15.7. The summed E-state index contributed by atoms with van der Waals surface area (Å²) in [5, 5.41) is 0. The van der Waals surface area contributed by atoms with E-state index in [9.17, 15) is 16.8 Å². The fraction of sp³-hybridized carbons (Fsp3) is 0.500. The zero-order valence-corrected chi connectivity index (χ0v) is 28.0. The van der Waals surface area contributed by atoms with Gasteiger partial charge in [0.05, 0.1) is 18.6 Å².